The van der Waals surface area contributed by atoms with Gasteiger partial charge in [-0.25, -0.2) is 4.79 Å². The molecule has 0 spiro atoms. The molecule has 16 heavy (non-hydrogen) atoms. The molecule has 0 aliphatic heterocycles. The van der Waals surface area contributed by atoms with Crippen LogP contribution in [0.25, 0.3) is 0 Å². The van der Waals surface area contributed by atoms with E-state index in [2.05, 4.69) is 10.6 Å². The lowest BCUT2D eigenvalue weighted by molar-refractivity contribution is 0.249. The van der Waals surface area contributed by atoms with E-state index in [1.165, 1.54) is 0 Å². The number of hydrogen-bond acceptors (Lipinski definition) is 2. The van der Waals surface area contributed by atoms with Crippen molar-refractivity contribution in [2.24, 2.45) is 0 Å². The Hall–Kier alpha value is -1.26. The molecule has 0 radical (unpaired) electrons. The van der Waals surface area contributed by atoms with Crippen LogP contribution in [0.4, 0.5) is 10.5 Å². The average Bonchev–Trinajstić information content (AvgIpc) is 2.23. The third-order valence-corrected chi connectivity index (χ3v) is 2.31. The number of aliphatic hydroxyl groups excluding tert-OH is 1. The quantitative estimate of drug-likeness (QED) is 0.709. The number of aliphatic hydroxyl groups is 1. The zero-order chi connectivity index (χ0) is 12.0. The first-order valence-electron chi connectivity index (χ1n) is 5.05. The van der Waals surface area contributed by atoms with E-state index < -0.39 is 0 Å². The third-order valence-electron chi connectivity index (χ3n) is 1.99. The van der Waals surface area contributed by atoms with Gasteiger partial charge < -0.3 is 15.7 Å². The van der Waals surface area contributed by atoms with Crippen molar-refractivity contribution in [1.82, 2.24) is 5.32 Å². The van der Waals surface area contributed by atoms with Crippen molar-refractivity contribution < 1.29 is 9.90 Å². The first-order valence-corrected chi connectivity index (χ1v) is 5.43. The largest absolute Gasteiger partial charge is 0.396 e. The molecule has 0 saturated heterocycles. The van der Waals surface area contributed by atoms with Gasteiger partial charge in [0.1, 0.15) is 0 Å². The molecule has 1 aromatic rings. The Labute approximate surface area is 99.6 Å². The SMILES string of the molecule is Cc1ccc(NC(=O)NCCCO)c(Cl)c1. The zero-order valence-corrected chi connectivity index (χ0v) is 9.84. The maximum atomic E-state index is 11.4. The number of nitrogens with one attached hydrogen (secondary N) is 2. The molecule has 1 aromatic carbocycles. The van der Waals surface area contributed by atoms with Gasteiger partial charge >= 0.3 is 6.03 Å². The molecule has 88 valence electrons. The highest BCUT2D eigenvalue weighted by atomic mass is 35.5. The summed E-state index contributed by atoms with van der Waals surface area (Å²) in [6.07, 6.45) is 0.537. The summed E-state index contributed by atoms with van der Waals surface area (Å²) in [5.74, 6) is 0. The van der Waals surface area contributed by atoms with Gasteiger partial charge in [0.2, 0.25) is 0 Å². The summed E-state index contributed by atoms with van der Waals surface area (Å²) < 4.78 is 0. The minimum absolute atomic E-state index is 0.0611. The van der Waals surface area contributed by atoms with Gasteiger partial charge in [0, 0.05) is 13.2 Å². The van der Waals surface area contributed by atoms with Gasteiger partial charge in [-0.15, -0.1) is 0 Å². The van der Waals surface area contributed by atoms with Crippen LogP contribution in [0.5, 0.6) is 0 Å². The molecule has 0 saturated carbocycles. The van der Waals surface area contributed by atoms with Crippen LogP contribution in [0.2, 0.25) is 5.02 Å². The van der Waals surface area contributed by atoms with Crippen LogP contribution >= 0.6 is 11.6 Å². The highest BCUT2D eigenvalue weighted by molar-refractivity contribution is 6.33. The summed E-state index contributed by atoms with van der Waals surface area (Å²) in [6.45, 7) is 2.42. The minimum Gasteiger partial charge on any atom is -0.396 e. The molecule has 0 aliphatic rings. The van der Waals surface area contributed by atoms with Crippen molar-refractivity contribution in [1.29, 1.82) is 0 Å². The number of rotatable bonds is 4. The number of aryl methyl sites for hydroxylation is 1. The van der Waals surface area contributed by atoms with Gasteiger partial charge in [-0.05, 0) is 31.0 Å². The van der Waals surface area contributed by atoms with Gasteiger partial charge in [-0.3, -0.25) is 0 Å². The van der Waals surface area contributed by atoms with Crippen LogP contribution in [-0.2, 0) is 0 Å². The van der Waals surface area contributed by atoms with Crippen molar-refractivity contribution in [3.8, 4) is 0 Å². The number of anilines is 1. The van der Waals surface area contributed by atoms with Crippen LogP contribution in [0.15, 0.2) is 18.2 Å². The Morgan fingerprint density at radius 2 is 2.25 bits per heavy atom. The predicted molar refractivity (Wildman–Crippen MR) is 64.9 cm³/mol. The minimum atomic E-state index is -0.320. The second kappa shape index (κ2) is 6.35. The second-order valence-corrected chi connectivity index (χ2v) is 3.85. The van der Waals surface area contributed by atoms with Gasteiger partial charge in [-0.1, -0.05) is 17.7 Å². The number of urea groups is 1. The summed E-state index contributed by atoms with van der Waals surface area (Å²) in [6, 6.07) is 5.09. The van der Waals surface area contributed by atoms with Gasteiger partial charge in [-0.2, -0.15) is 0 Å². The number of halogens is 1. The Morgan fingerprint density at radius 3 is 2.88 bits per heavy atom. The molecule has 4 nitrogen and oxygen atoms in total. The van der Waals surface area contributed by atoms with Gasteiger partial charge in [0.25, 0.3) is 0 Å². The van der Waals surface area contributed by atoms with Crippen LogP contribution < -0.4 is 10.6 Å². The van der Waals surface area contributed by atoms with E-state index in [9.17, 15) is 4.79 Å². The van der Waals surface area contributed by atoms with E-state index in [-0.39, 0.29) is 12.6 Å². The molecule has 0 unspecified atom stereocenters. The lowest BCUT2D eigenvalue weighted by Crippen LogP contribution is -2.30. The number of hydrogen-bond donors (Lipinski definition) is 3. The fraction of sp³-hybridized carbons (Fsp3) is 0.364. The van der Waals surface area contributed by atoms with Crippen LogP contribution in [0, 0.1) is 6.92 Å². The summed E-state index contributed by atoms with van der Waals surface area (Å²) in [4.78, 5) is 11.4. The maximum absolute atomic E-state index is 11.4. The Morgan fingerprint density at radius 1 is 1.50 bits per heavy atom. The van der Waals surface area contributed by atoms with Crippen LogP contribution in [-0.4, -0.2) is 24.3 Å². The lowest BCUT2D eigenvalue weighted by atomic mass is 10.2. The summed E-state index contributed by atoms with van der Waals surface area (Å²) in [7, 11) is 0. The van der Waals surface area contributed by atoms with E-state index in [1.54, 1.807) is 12.1 Å². The molecule has 1 rings (SSSR count). The van der Waals surface area contributed by atoms with Crippen LogP contribution in [0.3, 0.4) is 0 Å². The molecule has 5 heteroatoms. The second-order valence-electron chi connectivity index (χ2n) is 3.44. The van der Waals surface area contributed by atoms with Gasteiger partial charge in [0.15, 0.2) is 0 Å². The van der Waals surface area contributed by atoms with E-state index in [0.717, 1.165) is 5.56 Å². The topological polar surface area (TPSA) is 61.4 Å². The van der Waals surface area contributed by atoms with E-state index >= 15 is 0 Å². The van der Waals surface area contributed by atoms with Gasteiger partial charge in [0.05, 0.1) is 10.7 Å². The molecular formula is C11H15ClN2O2. The lowest BCUT2D eigenvalue weighted by Gasteiger charge is -2.08. The fourth-order valence-corrected chi connectivity index (χ4v) is 1.45. The molecule has 0 atom stereocenters. The molecular weight excluding hydrogens is 228 g/mol. The molecule has 0 fully saturated rings. The Bertz CT molecular complexity index is 369. The molecule has 0 heterocycles. The van der Waals surface area contributed by atoms with E-state index in [4.69, 9.17) is 16.7 Å². The Kier molecular flexibility index (Phi) is 5.08. The van der Waals surface area contributed by atoms with E-state index in [0.29, 0.717) is 23.7 Å². The zero-order valence-electron chi connectivity index (χ0n) is 9.09. The number of carbonyl (C=O) groups is 1. The third kappa shape index (κ3) is 4.08. The molecule has 0 aliphatic carbocycles. The van der Waals surface area contributed by atoms with Crippen molar-refractivity contribution >= 4 is 23.3 Å². The fourth-order valence-electron chi connectivity index (χ4n) is 1.17. The van der Waals surface area contributed by atoms with Crippen molar-refractivity contribution in [2.45, 2.75) is 13.3 Å². The molecule has 3 N–H and O–H groups in total. The highest BCUT2D eigenvalue weighted by Gasteiger charge is 2.04. The standard InChI is InChI=1S/C11H15ClN2O2/c1-8-3-4-10(9(12)7-8)14-11(16)13-5-2-6-15/h3-4,7,15H,2,5-6H2,1H3,(H2,13,14,16). The number of amides is 2. The monoisotopic (exact) mass is 242 g/mol. The molecule has 0 bridgehead atoms. The van der Waals surface area contributed by atoms with E-state index in [1.807, 2.05) is 13.0 Å². The van der Waals surface area contributed by atoms with Crippen molar-refractivity contribution in [2.75, 3.05) is 18.5 Å². The summed E-state index contributed by atoms with van der Waals surface area (Å²) >= 11 is 5.95. The maximum Gasteiger partial charge on any atom is 0.319 e. The Balaban J connectivity index is 2.49. The average molecular weight is 243 g/mol. The summed E-state index contributed by atoms with van der Waals surface area (Å²) in [5, 5.41) is 14.3. The molecule has 2 amide bonds. The number of benzene rings is 1. The van der Waals surface area contributed by atoms with Crippen molar-refractivity contribution in [3.63, 3.8) is 0 Å². The van der Waals surface area contributed by atoms with Crippen molar-refractivity contribution in [3.05, 3.63) is 28.8 Å². The number of carbonyl (C=O) groups excluding carboxylic acids is 1. The normalized spacial score (nSPS) is 9.94. The molecule has 0 aromatic heterocycles. The van der Waals surface area contributed by atoms with Crippen LogP contribution in [0.1, 0.15) is 12.0 Å². The predicted octanol–water partition coefficient (Wildman–Crippen LogP) is 2.15. The first kappa shape index (κ1) is 12.8. The summed E-state index contributed by atoms with van der Waals surface area (Å²) in [5.41, 5.74) is 1.62. The first-order chi connectivity index (χ1) is 7.63. The highest BCUT2D eigenvalue weighted by Crippen LogP contribution is 2.22. The smallest absolute Gasteiger partial charge is 0.319 e.